The fraction of sp³-hybridized carbons (Fsp3) is 0.857. The molecular weight excluding hydrogens is 244 g/mol. The standard InChI is InChI=1S/C14H26N2O3/c1-5-11(6-2)16-13(17)8-12(14(16)18)15-9-10(4)19-7-3/h10-12,15H,5-9H2,1-4H3. The Morgan fingerprint density at radius 3 is 2.47 bits per heavy atom. The summed E-state index contributed by atoms with van der Waals surface area (Å²) in [5, 5.41) is 3.14. The molecule has 0 spiro atoms. The van der Waals surface area contributed by atoms with Crippen molar-refractivity contribution in [2.75, 3.05) is 13.2 Å². The highest BCUT2D eigenvalue weighted by Gasteiger charge is 2.41. The van der Waals surface area contributed by atoms with E-state index in [1.807, 2.05) is 27.7 Å². The lowest BCUT2D eigenvalue weighted by Gasteiger charge is -2.24. The molecule has 0 bridgehead atoms. The molecule has 1 rings (SSSR count). The molecule has 2 atom stereocenters. The number of likely N-dealkylation sites (tertiary alicyclic amines) is 1. The Morgan fingerprint density at radius 1 is 1.32 bits per heavy atom. The van der Waals surface area contributed by atoms with Crippen molar-refractivity contribution in [2.24, 2.45) is 0 Å². The lowest BCUT2D eigenvalue weighted by molar-refractivity contribution is -0.141. The molecule has 0 aromatic rings. The molecule has 1 aliphatic heterocycles. The van der Waals surface area contributed by atoms with E-state index in [1.165, 1.54) is 4.90 Å². The highest BCUT2D eigenvalue weighted by atomic mass is 16.5. The van der Waals surface area contributed by atoms with E-state index in [0.29, 0.717) is 13.2 Å². The number of carbonyl (C=O) groups excluding carboxylic acids is 2. The number of hydrogen-bond acceptors (Lipinski definition) is 4. The molecule has 5 heteroatoms. The summed E-state index contributed by atoms with van der Waals surface area (Å²) in [7, 11) is 0. The maximum absolute atomic E-state index is 12.2. The van der Waals surface area contributed by atoms with Crippen molar-refractivity contribution >= 4 is 11.8 Å². The molecule has 2 amide bonds. The van der Waals surface area contributed by atoms with Crippen LogP contribution in [-0.2, 0) is 14.3 Å². The molecule has 0 aliphatic carbocycles. The topological polar surface area (TPSA) is 58.6 Å². The van der Waals surface area contributed by atoms with Gasteiger partial charge in [0, 0.05) is 19.2 Å². The first-order valence-electron chi connectivity index (χ1n) is 7.25. The fourth-order valence-corrected chi connectivity index (χ4v) is 2.50. The van der Waals surface area contributed by atoms with Crippen molar-refractivity contribution in [3.05, 3.63) is 0 Å². The molecule has 2 unspecified atom stereocenters. The number of hydrogen-bond donors (Lipinski definition) is 1. The molecule has 1 saturated heterocycles. The number of nitrogens with zero attached hydrogens (tertiary/aromatic N) is 1. The van der Waals surface area contributed by atoms with E-state index >= 15 is 0 Å². The van der Waals surface area contributed by atoms with Crippen molar-refractivity contribution in [1.29, 1.82) is 0 Å². The summed E-state index contributed by atoms with van der Waals surface area (Å²) in [6.07, 6.45) is 1.95. The summed E-state index contributed by atoms with van der Waals surface area (Å²) >= 11 is 0. The molecule has 1 fully saturated rings. The number of rotatable bonds is 8. The first-order chi connectivity index (χ1) is 9.04. The average molecular weight is 270 g/mol. The minimum absolute atomic E-state index is 0.0381. The molecule has 5 nitrogen and oxygen atoms in total. The highest BCUT2D eigenvalue weighted by molar-refractivity contribution is 6.05. The fourth-order valence-electron chi connectivity index (χ4n) is 2.50. The number of amides is 2. The normalized spacial score (nSPS) is 21.5. The van der Waals surface area contributed by atoms with Crippen molar-refractivity contribution in [3.63, 3.8) is 0 Å². The maximum Gasteiger partial charge on any atom is 0.247 e. The van der Waals surface area contributed by atoms with Crippen LogP contribution < -0.4 is 5.32 Å². The third kappa shape index (κ3) is 4.01. The SMILES string of the molecule is CCOC(C)CNC1CC(=O)N(C(CC)CC)C1=O. The van der Waals surface area contributed by atoms with E-state index in [4.69, 9.17) is 4.74 Å². The quantitative estimate of drug-likeness (QED) is 0.676. The van der Waals surface area contributed by atoms with Crippen LogP contribution in [0.3, 0.4) is 0 Å². The minimum atomic E-state index is -0.379. The number of imide groups is 1. The van der Waals surface area contributed by atoms with Gasteiger partial charge in [-0.1, -0.05) is 13.8 Å². The minimum Gasteiger partial charge on any atom is -0.377 e. The number of ether oxygens (including phenoxy) is 1. The Bertz CT molecular complexity index is 316. The molecule has 0 aromatic heterocycles. The zero-order valence-corrected chi connectivity index (χ0v) is 12.4. The van der Waals surface area contributed by atoms with E-state index < -0.39 is 0 Å². The summed E-state index contributed by atoms with van der Waals surface area (Å²) in [5.41, 5.74) is 0. The van der Waals surface area contributed by atoms with Gasteiger partial charge in [0.15, 0.2) is 0 Å². The van der Waals surface area contributed by atoms with Gasteiger partial charge in [-0.25, -0.2) is 0 Å². The molecule has 19 heavy (non-hydrogen) atoms. The Morgan fingerprint density at radius 2 is 1.95 bits per heavy atom. The predicted molar refractivity (Wildman–Crippen MR) is 73.7 cm³/mol. The molecule has 1 aliphatic rings. The van der Waals surface area contributed by atoms with Gasteiger partial charge in [0.05, 0.1) is 18.6 Å². The van der Waals surface area contributed by atoms with Crippen LogP contribution >= 0.6 is 0 Å². The second-order valence-electron chi connectivity index (χ2n) is 5.00. The highest BCUT2D eigenvalue weighted by Crippen LogP contribution is 2.20. The molecule has 0 aromatic carbocycles. The van der Waals surface area contributed by atoms with Crippen LogP contribution in [0.2, 0.25) is 0 Å². The lowest BCUT2D eigenvalue weighted by Crippen LogP contribution is -2.45. The largest absolute Gasteiger partial charge is 0.377 e. The van der Waals surface area contributed by atoms with Gasteiger partial charge in [-0.05, 0) is 26.7 Å². The first-order valence-corrected chi connectivity index (χ1v) is 7.25. The lowest BCUT2D eigenvalue weighted by atomic mass is 10.1. The summed E-state index contributed by atoms with van der Waals surface area (Å²) in [6, 6.07) is -0.341. The molecule has 0 saturated carbocycles. The second-order valence-corrected chi connectivity index (χ2v) is 5.00. The van der Waals surface area contributed by atoms with Crippen molar-refractivity contribution in [1.82, 2.24) is 10.2 Å². The van der Waals surface area contributed by atoms with Gasteiger partial charge in [0.2, 0.25) is 11.8 Å². The monoisotopic (exact) mass is 270 g/mol. The van der Waals surface area contributed by atoms with Gasteiger partial charge < -0.3 is 10.1 Å². The van der Waals surface area contributed by atoms with E-state index in [2.05, 4.69) is 5.32 Å². The predicted octanol–water partition coefficient (Wildman–Crippen LogP) is 1.32. The van der Waals surface area contributed by atoms with E-state index in [1.54, 1.807) is 0 Å². The van der Waals surface area contributed by atoms with Crippen molar-refractivity contribution < 1.29 is 14.3 Å². The van der Waals surface area contributed by atoms with E-state index in [-0.39, 0.29) is 36.4 Å². The van der Waals surface area contributed by atoms with Crippen molar-refractivity contribution in [2.45, 2.75) is 65.1 Å². The van der Waals surface area contributed by atoms with Gasteiger partial charge in [-0.3, -0.25) is 14.5 Å². The van der Waals surface area contributed by atoms with Crippen LogP contribution in [0.1, 0.15) is 47.0 Å². The van der Waals surface area contributed by atoms with Crippen LogP contribution in [-0.4, -0.2) is 48.1 Å². The zero-order valence-electron chi connectivity index (χ0n) is 12.4. The van der Waals surface area contributed by atoms with Crippen LogP contribution in [0.15, 0.2) is 0 Å². The van der Waals surface area contributed by atoms with Crippen molar-refractivity contribution in [3.8, 4) is 0 Å². The Hall–Kier alpha value is -0.940. The molecule has 1 N–H and O–H groups in total. The molecule has 0 radical (unpaired) electrons. The average Bonchev–Trinajstić information content (AvgIpc) is 2.66. The van der Waals surface area contributed by atoms with Gasteiger partial charge >= 0.3 is 0 Å². The van der Waals surface area contributed by atoms with E-state index in [9.17, 15) is 9.59 Å². The third-order valence-electron chi connectivity index (χ3n) is 3.59. The first kappa shape index (κ1) is 16.1. The van der Waals surface area contributed by atoms with Crippen LogP contribution in [0, 0.1) is 0 Å². The smallest absolute Gasteiger partial charge is 0.247 e. The summed E-state index contributed by atoms with van der Waals surface area (Å²) in [4.78, 5) is 25.7. The van der Waals surface area contributed by atoms with Crippen LogP contribution in [0.5, 0.6) is 0 Å². The summed E-state index contributed by atoms with van der Waals surface area (Å²) in [5.74, 6) is -0.136. The summed E-state index contributed by atoms with van der Waals surface area (Å²) < 4.78 is 5.41. The van der Waals surface area contributed by atoms with Gasteiger partial charge in [-0.15, -0.1) is 0 Å². The molecule has 1 heterocycles. The summed E-state index contributed by atoms with van der Waals surface area (Å²) in [6.45, 7) is 9.15. The van der Waals surface area contributed by atoms with E-state index in [0.717, 1.165) is 12.8 Å². The van der Waals surface area contributed by atoms with Gasteiger partial charge in [0.25, 0.3) is 0 Å². The third-order valence-corrected chi connectivity index (χ3v) is 3.59. The second kappa shape index (κ2) is 7.60. The molecule has 110 valence electrons. The number of nitrogens with one attached hydrogen (secondary N) is 1. The Kier molecular flexibility index (Phi) is 6.45. The zero-order chi connectivity index (χ0) is 14.4. The Labute approximate surface area is 115 Å². The molecular formula is C14H26N2O3. The van der Waals surface area contributed by atoms with Crippen LogP contribution in [0.4, 0.5) is 0 Å². The van der Waals surface area contributed by atoms with Gasteiger partial charge in [0.1, 0.15) is 0 Å². The van der Waals surface area contributed by atoms with Gasteiger partial charge in [-0.2, -0.15) is 0 Å². The number of carbonyl (C=O) groups is 2. The van der Waals surface area contributed by atoms with Crippen LogP contribution in [0.25, 0.3) is 0 Å². The maximum atomic E-state index is 12.2. The Balaban J connectivity index is 2.55.